The Morgan fingerprint density at radius 3 is 1.32 bits per heavy atom. The Bertz CT molecular complexity index is 3240. The topological polar surface area (TPSA) is 578 Å². The van der Waals surface area contributed by atoms with Crippen molar-refractivity contribution >= 4 is 93.9 Å². The quantitative estimate of drug-likeness (QED) is 0.0210. The third kappa shape index (κ3) is 48.1. The number of carboxylic acids is 1. The lowest BCUT2D eigenvalue weighted by molar-refractivity contribution is -0.141. The van der Waals surface area contributed by atoms with Crippen molar-refractivity contribution in [2.24, 2.45) is 80.8 Å². The van der Waals surface area contributed by atoms with Crippen LogP contribution in [0.1, 0.15) is 291 Å². The number of primary amides is 2. The molecule has 664 valence electrons. The second-order valence-electron chi connectivity index (χ2n) is 32.0. The van der Waals surface area contributed by atoms with E-state index >= 15 is 0 Å². The average Bonchev–Trinajstić information content (AvgIpc) is 0.860. The molecule has 0 aliphatic carbocycles. The first kappa shape index (κ1) is 106. The van der Waals surface area contributed by atoms with E-state index in [4.69, 9.17) is 34.4 Å². The number of aliphatic imine (C=N–C) groups is 1. The van der Waals surface area contributed by atoms with E-state index in [0.717, 1.165) is 32.1 Å². The number of hydrogen-bond donors (Lipinski definition) is 16. The van der Waals surface area contributed by atoms with E-state index in [-0.39, 0.29) is 101 Å². The Morgan fingerprint density at radius 1 is 0.419 bits per heavy atom. The predicted octanol–water partition coefficient (Wildman–Crippen LogP) is 5.75. The number of Topliss-reactive ketones (excluding diaryl/α,β-unsaturated/α-hetero) is 6. The third-order valence-electron chi connectivity index (χ3n) is 21.1. The number of phenols is 1. The van der Waals surface area contributed by atoms with E-state index in [2.05, 4.69) is 43.8 Å². The van der Waals surface area contributed by atoms with Crippen LogP contribution in [0.5, 0.6) is 5.75 Å². The molecular weight excluding hydrogens is 1510 g/mol. The lowest BCUT2D eigenvalue weighted by Gasteiger charge is -2.27. The van der Waals surface area contributed by atoms with Crippen molar-refractivity contribution in [2.75, 3.05) is 32.8 Å². The number of rotatable bonds is 73. The summed E-state index contributed by atoms with van der Waals surface area (Å²) in [6, 6.07) is -1.21. The zero-order valence-electron chi connectivity index (χ0n) is 70.8. The summed E-state index contributed by atoms with van der Waals surface area (Å²) in [6.07, 6.45) is 13.9. The molecule has 0 aliphatic heterocycles. The summed E-state index contributed by atoms with van der Waals surface area (Å²) in [7, 11) is 0. The number of aliphatic hydroxyl groups excluding tert-OH is 2. The van der Waals surface area contributed by atoms with Crippen molar-refractivity contribution in [1.29, 1.82) is 0 Å². The van der Waals surface area contributed by atoms with Gasteiger partial charge in [-0.05, 0) is 127 Å². The second-order valence-corrected chi connectivity index (χ2v) is 32.0. The molecule has 0 bridgehead atoms. The van der Waals surface area contributed by atoms with Crippen LogP contribution in [-0.4, -0.2) is 183 Å². The number of unbranched alkanes of at least 4 members (excludes halogenated alkanes) is 16. The first-order valence-electron chi connectivity index (χ1n) is 42.9. The zero-order valence-corrected chi connectivity index (χ0v) is 70.8. The van der Waals surface area contributed by atoms with Gasteiger partial charge in [0.15, 0.2) is 34.9 Å². The van der Waals surface area contributed by atoms with E-state index < -0.39 is 212 Å². The van der Waals surface area contributed by atoms with Crippen LogP contribution < -0.4 is 66.3 Å². The molecule has 0 saturated heterocycles. The Hall–Kier alpha value is -8.62. The van der Waals surface area contributed by atoms with Gasteiger partial charge in [0.25, 0.3) is 0 Å². The number of nitrogens with two attached hydrogens (primary N) is 6. The lowest BCUT2D eigenvalue weighted by Crippen LogP contribution is -2.51. The van der Waals surface area contributed by atoms with Gasteiger partial charge in [-0.3, -0.25) is 76.9 Å². The molecule has 0 heterocycles. The summed E-state index contributed by atoms with van der Waals surface area (Å²) in [5.74, 6) is -19.4. The van der Waals surface area contributed by atoms with Gasteiger partial charge in [0.2, 0.25) is 47.3 Å². The fourth-order valence-corrected chi connectivity index (χ4v) is 14.1. The van der Waals surface area contributed by atoms with Gasteiger partial charge in [-0.2, -0.15) is 0 Å². The number of ketones is 6. The van der Waals surface area contributed by atoms with E-state index in [0.29, 0.717) is 63.4 Å². The van der Waals surface area contributed by atoms with Crippen LogP contribution in [0.15, 0.2) is 29.3 Å². The van der Waals surface area contributed by atoms with Gasteiger partial charge in [-0.15, -0.1) is 0 Å². The molecule has 1 rings (SSSR count). The number of nitrogens with one attached hydrogen (secondary N) is 6. The average molecular weight is 1650 g/mol. The minimum atomic E-state index is -1.68. The highest BCUT2D eigenvalue weighted by Gasteiger charge is 2.38. The molecule has 117 heavy (non-hydrogen) atoms. The number of benzene rings is 1. The number of phenolic OH excluding ortho intramolecular Hbond substituents is 1. The van der Waals surface area contributed by atoms with Crippen molar-refractivity contribution in [3.63, 3.8) is 0 Å². The molecule has 0 fully saturated rings. The minimum absolute atomic E-state index is 0.00803. The van der Waals surface area contributed by atoms with Crippen LogP contribution in [0.2, 0.25) is 0 Å². The Balaban J connectivity index is 3.60. The molecule has 0 radical (unpaired) electrons. The summed E-state index contributed by atoms with van der Waals surface area (Å²) in [6.45, 7) is 9.78. The molecule has 0 saturated carbocycles. The number of amides is 8. The number of carboxylic acid groups (broad SMARTS) is 1. The SMILES string of the molecule is CCCCCCCCCCCCCCCC(=O)C[C@@H](CCCC)C(=O)NCC(=O)C[C@@H](Cc1ccc(O)cc1)C(=O)N[C@@H](CCC(N)=O)C(=O)C[C@@H](CCCCN)C(=O)N[C@@H](CCCCN)C(=O)C[C@@H](CC(C)C)C(=O)N[C@@H](CCCN=C(N)N)C(=O)C[C@@H](CO)C(=O)N[C@@H](CCCC)C(=O)C[C@H](C(=O)N[C@@H](CC(=O)O)C(N)=O)[C@@H](C)O. The van der Waals surface area contributed by atoms with Crippen LogP contribution in [0.25, 0.3) is 0 Å². The summed E-state index contributed by atoms with van der Waals surface area (Å²) in [5.41, 5.74) is 34.4. The smallest absolute Gasteiger partial charge is 0.305 e. The predicted molar refractivity (Wildman–Crippen MR) is 446 cm³/mol. The molecule has 1 aromatic carbocycles. The van der Waals surface area contributed by atoms with Crippen molar-refractivity contribution in [1.82, 2.24) is 31.9 Å². The molecule has 1 aromatic rings. The summed E-state index contributed by atoms with van der Waals surface area (Å²) >= 11 is 0. The molecule has 0 aliphatic rings. The van der Waals surface area contributed by atoms with E-state index in [1.807, 2.05) is 6.92 Å². The number of hydrogen-bond acceptors (Lipinski definition) is 21. The highest BCUT2D eigenvalue weighted by Crippen LogP contribution is 2.26. The molecule has 32 nitrogen and oxygen atoms in total. The first-order chi connectivity index (χ1) is 55.6. The van der Waals surface area contributed by atoms with Gasteiger partial charge in [0.05, 0.1) is 61.7 Å². The van der Waals surface area contributed by atoms with Gasteiger partial charge in [-0.1, -0.05) is 156 Å². The highest BCUT2D eigenvalue weighted by molar-refractivity contribution is 5.99. The maximum Gasteiger partial charge on any atom is 0.305 e. The summed E-state index contributed by atoms with van der Waals surface area (Å²) in [5, 5.41) is 56.4. The third-order valence-corrected chi connectivity index (χ3v) is 21.1. The van der Waals surface area contributed by atoms with Crippen molar-refractivity contribution < 1.29 is 92.3 Å². The van der Waals surface area contributed by atoms with Crippen molar-refractivity contribution in [3.8, 4) is 5.75 Å². The maximum atomic E-state index is 14.9. The number of nitrogens with zero attached hydrogens (tertiary/aromatic N) is 1. The van der Waals surface area contributed by atoms with Gasteiger partial charge < -0.3 is 86.7 Å². The molecule has 0 aromatic heterocycles. The molecule has 12 atom stereocenters. The van der Waals surface area contributed by atoms with Gasteiger partial charge in [-0.25, -0.2) is 0 Å². The van der Waals surface area contributed by atoms with Crippen LogP contribution >= 0.6 is 0 Å². The molecular formula is C85H145N13O19. The summed E-state index contributed by atoms with van der Waals surface area (Å²) in [4.78, 5) is 210. The summed E-state index contributed by atoms with van der Waals surface area (Å²) < 4.78 is 0. The van der Waals surface area contributed by atoms with Crippen molar-refractivity contribution in [3.05, 3.63) is 29.8 Å². The van der Waals surface area contributed by atoms with E-state index in [9.17, 15) is 92.3 Å². The highest BCUT2D eigenvalue weighted by atomic mass is 16.4. The normalized spacial score (nSPS) is 14.4. The number of aliphatic carboxylic acids is 1. The molecule has 8 amide bonds. The first-order valence-corrected chi connectivity index (χ1v) is 42.9. The number of carbonyl (C=O) groups is 15. The van der Waals surface area contributed by atoms with Crippen LogP contribution in [0.3, 0.4) is 0 Å². The fourth-order valence-electron chi connectivity index (χ4n) is 14.1. The standard InChI is InChI=1S/C85H145N13O19/c1-7-10-13-14-15-16-17-18-19-20-21-22-23-31-64(102)46-58(29-11-8-2)79(112)93-53-65(103)47-61(45-57-35-37-63(101)38-36-57)82(115)97-70(39-40-76(88)108)72(104)48-59(30-24-26-41-86)80(113)94-68(33-25-27-42-87)73(105)49-60(44-55(4)5)81(114)95-69(34-28-43-92-85(90)91)74(106)50-62(54-99)83(116)96-67(32-12-9-3)75(107)51-66(56(6)100)84(117)98-71(78(89)111)52-77(109)110/h35-38,55-56,58-62,66-71,99-101H,7-34,39-54,86-87H2,1-6H3,(H2,88,108)(H2,89,111)(H,93,112)(H,94,113)(H,95,114)(H,96,116)(H,97,115)(H,98,117)(H,109,110)(H4,90,91,92)/t56-,58-,59-,60-,61-,62+,66+,67+,68+,69+,70+,71+/m1/s1. The molecule has 22 N–H and O–H groups in total. The van der Waals surface area contributed by atoms with Gasteiger partial charge >= 0.3 is 5.97 Å². The minimum Gasteiger partial charge on any atom is -0.508 e. The van der Waals surface area contributed by atoms with E-state index in [1.165, 1.54) is 76.8 Å². The van der Waals surface area contributed by atoms with Crippen LogP contribution in [0.4, 0.5) is 0 Å². The van der Waals surface area contributed by atoms with Crippen LogP contribution in [0, 0.1) is 41.4 Å². The fraction of sp³-hybridized carbons (Fsp3) is 0.741. The largest absolute Gasteiger partial charge is 0.508 e. The lowest BCUT2D eigenvalue weighted by atomic mass is 9.87. The monoisotopic (exact) mass is 1650 g/mol. The number of aliphatic hydroxyl groups is 2. The van der Waals surface area contributed by atoms with Crippen molar-refractivity contribution in [2.45, 2.75) is 328 Å². The Kier molecular flexibility index (Phi) is 56.9. The molecule has 0 unspecified atom stereocenters. The Labute approximate surface area is 692 Å². The maximum absolute atomic E-state index is 14.9. The molecule has 0 spiro atoms. The van der Waals surface area contributed by atoms with Gasteiger partial charge in [0, 0.05) is 81.6 Å². The zero-order chi connectivity index (χ0) is 87.8. The second kappa shape index (κ2) is 62.6. The van der Waals surface area contributed by atoms with Gasteiger partial charge in [0.1, 0.15) is 17.6 Å². The van der Waals surface area contributed by atoms with Crippen LogP contribution in [-0.2, 0) is 78.3 Å². The number of aromatic hydroxyl groups is 1. The molecule has 32 heteroatoms. The Morgan fingerprint density at radius 2 is 0.838 bits per heavy atom. The van der Waals surface area contributed by atoms with E-state index in [1.54, 1.807) is 32.9 Å². The number of guanidine groups is 1. The number of carbonyl (C=O) groups excluding carboxylic acids is 14.